The molecule has 21 heavy (non-hydrogen) atoms. The molecule has 1 heterocycles. The Kier molecular flexibility index (Phi) is 5.20. The molecule has 0 N–H and O–H groups in total. The van der Waals surface area contributed by atoms with Crippen LogP contribution in [-0.4, -0.2) is 23.6 Å². The van der Waals surface area contributed by atoms with Gasteiger partial charge in [0.1, 0.15) is 6.61 Å². The zero-order valence-electron chi connectivity index (χ0n) is 12.8. The number of amides is 1. The summed E-state index contributed by atoms with van der Waals surface area (Å²) in [6.45, 7) is 9.01. The van der Waals surface area contributed by atoms with Crippen LogP contribution in [0, 0.1) is 0 Å². The molecule has 112 valence electrons. The number of nitrogens with zero attached hydrogens (tertiary/aromatic N) is 1. The molecule has 1 aromatic carbocycles. The summed E-state index contributed by atoms with van der Waals surface area (Å²) in [7, 11) is 0. The van der Waals surface area contributed by atoms with Crippen LogP contribution in [0.5, 0.6) is 0 Å². The fourth-order valence-corrected chi connectivity index (χ4v) is 2.58. The molecule has 1 atom stereocenters. The fraction of sp³-hybridized carbons (Fsp3) is 0.389. The highest BCUT2D eigenvalue weighted by atomic mass is 16.6. The number of rotatable bonds is 4. The number of carbonyl (C=O) groups excluding carboxylic acids is 1. The predicted molar refractivity (Wildman–Crippen MR) is 84.9 cm³/mol. The van der Waals surface area contributed by atoms with Gasteiger partial charge >= 0.3 is 6.09 Å². The molecular formula is C18H23NO2. The van der Waals surface area contributed by atoms with Crippen molar-refractivity contribution in [2.24, 2.45) is 0 Å². The maximum atomic E-state index is 12.3. The van der Waals surface area contributed by atoms with Gasteiger partial charge in [0.05, 0.1) is 0 Å². The summed E-state index contributed by atoms with van der Waals surface area (Å²) in [5.41, 5.74) is 3.43. The first-order chi connectivity index (χ1) is 10.1. The highest BCUT2D eigenvalue weighted by Crippen LogP contribution is 2.23. The van der Waals surface area contributed by atoms with Crippen molar-refractivity contribution in [3.05, 3.63) is 59.7 Å². The van der Waals surface area contributed by atoms with Crippen LogP contribution in [0.25, 0.3) is 0 Å². The molecular weight excluding hydrogens is 262 g/mol. The SMILES string of the molecule is C=C(C)C[C@@H]1CC(C)=CCN1C(=O)OCc1ccccc1. The first kappa shape index (κ1) is 15.4. The lowest BCUT2D eigenvalue weighted by molar-refractivity contribution is 0.0825. The van der Waals surface area contributed by atoms with Crippen molar-refractivity contribution in [3.63, 3.8) is 0 Å². The second kappa shape index (κ2) is 7.11. The summed E-state index contributed by atoms with van der Waals surface area (Å²) < 4.78 is 5.44. The summed E-state index contributed by atoms with van der Waals surface area (Å²) in [5, 5.41) is 0. The zero-order chi connectivity index (χ0) is 15.2. The summed E-state index contributed by atoms with van der Waals surface area (Å²) >= 11 is 0. The van der Waals surface area contributed by atoms with E-state index in [1.54, 1.807) is 0 Å². The van der Waals surface area contributed by atoms with Gasteiger partial charge in [-0.2, -0.15) is 0 Å². The Labute approximate surface area is 126 Å². The van der Waals surface area contributed by atoms with E-state index in [-0.39, 0.29) is 12.1 Å². The number of hydrogen-bond acceptors (Lipinski definition) is 2. The average Bonchev–Trinajstić information content (AvgIpc) is 2.45. The molecule has 3 heteroatoms. The molecule has 0 unspecified atom stereocenters. The molecule has 0 aliphatic carbocycles. The second-order valence-corrected chi connectivity index (χ2v) is 5.76. The van der Waals surface area contributed by atoms with E-state index in [0.29, 0.717) is 13.2 Å². The molecule has 2 rings (SSSR count). The van der Waals surface area contributed by atoms with Gasteiger partial charge in [-0.3, -0.25) is 0 Å². The monoisotopic (exact) mass is 285 g/mol. The van der Waals surface area contributed by atoms with Crippen molar-refractivity contribution in [3.8, 4) is 0 Å². The van der Waals surface area contributed by atoms with Crippen LogP contribution in [0.3, 0.4) is 0 Å². The molecule has 0 radical (unpaired) electrons. The molecule has 0 saturated heterocycles. The molecule has 1 amide bonds. The van der Waals surface area contributed by atoms with Crippen LogP contribution in [0.1, 0.15) is 32.3 Å². The minimum Gasteiger partial charge on any atom is -0.445 e. The topological polar surface area (TPSA) is 29.5 Å². The van der Waals surface area contributed by atoms with Crippen LogP contribution >= 0.6 is 0 Å². The van der Waals surface area contributed by atoms with E-state index in [0.717, 1.165) is 24.0 Å². The second-order valence-electron chi connectivity index (χ2n) is 5.76. The standard InChI is InChI=1S/C18H23NO2/c1-14(2)11-17-12-15(3)9-10-19(17)18(20)21-13-16-7-5-4-6-8-16/h4-9,17H,1,10-13H2,2-3H3/t17-/m1/s1. The first-order valence-electron chi connectivity index (χ1n) is 7.33. The Balaban J connectivity index is 1.97. The third kappa shape index (κ3) is 4.48. The molecule has 3 nitrogen and oxygen atoms in total. The fourth-order valence-electron chi connectivity index (χ4n) is 2.58. The van der Waals surface area contributed by atoms with Crippen molar-refractivity contribution in [1.29, 1.82) is 0 Å². The molecule has 0 fully saturated rings. The van der Waals surface area contributed by atoms with Crippen LogP contribution in [-0.2, 0) is 11.3 Å². The van der Waals surface area contributed by atoms with Gasteiger partial charge in [0.2, 0.25) is 0 Å². The number of benzene rings is 1. The van der Waals surface area contributed by atoms with Gasteiger partial charge in [-0.25, -0.2) is 4.79 Å². The minimum atomic E-state index is -0.242. The summed E-state index contributed by atoms with van der Waals surface area (Å²) in [5.74, 6) is 0. The lowest BCUT2D eigenvalue weighted by Crippen LogP contribution is -2.43. The van der Waals surface area contributed by atoms with E-state index in [4.69, 9.17) is 4.74 Å². The van der Waals surface area contributed by atoms with Crippen molar-refractivity contribution < 1.29 is 9.53 Å². The van der Waals surface area contributed by atoms with Crippen LogP contribution in [0.4, 0.5) is 4.79 Å². The van der Waals surface area contributed by atoms with E-state index in [2.05, 4.69) is 19.6 Å². The Hall–Kier alpha value is -2.03. The van der Waals surface area contributed by atoms with Crippen LogP contribution in [0.15, 0.2) is 54.1 Å². The van der Waals surface area contributed by atoms with Gasteiger partial charge < -0.3 is 9.64 Å². The van der Waals surface area contributed by atoms with Gasteiger partial charge in [-0.15, -0.1) is 6.58 Å². The first-order valence-corrected chi connectivity index (χ1v) is 7.33. The lowest BCUT2D eigenvalue weighted by Gasteiger charge is -2.34. The van der Waals surface area contributed by atoms with Crippen molar-refractivity contribution in [1.82, 2.24) is 4.90 Å². The third-order valence-corrected chi connectivity index (χ3v) is 3.66. The van der Waals surface area contributed by atoms with Crippen LogP contribution < -0.4 is 0 Å². The molecule has 1 aliphatic rings. The Morgan fingerprint density at radius 3 is 2.76 bits per heavy atom. The molecule has 0 saturated carbocycles. The molecule has 0 aromatic heterocycles. The van der Waals surface area contributed by atoms with Gasteiger partial charge in [0.15, 0.2) is 0 Å². The Morgan fingerprint density at radius 2 is 2.10 bits per heavy atom. The smallest absolute Gasteiger partial charge is 0.410 e. The average molecular weight is 285 g/mol. The largest absolute Gasteiger partial charge is 0.445 e. The lowest BCUT2D eigenvalue weighted by atomic mass is 9.96. The van der Waals surface area contributed by atoms with E-state index < -0.39 is 0 Å². The highest BCUT2D eigenvalue weighted by molar-refractivity contribution is 5.68. The molecule has 0 bridgehead atoms. The number of hydrogen-bond donors (Lipinski definition) is 0. The Morgan fingerprint density at radius 1 is 1.38 bits per heavy atom. The van der Waals surface area contributed by atoms with E-state index in [1.807, 2.05) is 42.2 Å². The number of ether oxygens (including phenoxy) is 1. The van der Waals surface area contributed by atoms with Crippen molar-refractivity contribution >= 4 is 6.09 Å². The normalized spacial score (nSPS) is 18.1. The molecule has 0 spiro atoms. The van der Waals surface area contributed by atoms with Crippen molar-refractivity contribution in [2.75, 3.05) is 6.54 Å². The maximum absolute atomic E-state index is 12.3. The zero-order valence-corrected chi connectivity index (χ0v) is 12.8. The Bertz CT molecular complexity index is 533. The third-order valence-electron chi connectivity index (χ3n) is 3.66. The van der Waals surface area contributed by atoms with E-state index >= 15 is 0 Å². The molecule has 1 aromatic rings. The van der Waals surface area contributed by atoms with Gasteiger partial charge in [-0.05, 0) is 32.3 Å². The van der Waals surface area contributed by atoms with E-state index in [1.165, 1.54) is 5.57 Å². The van der Waals surface area contributed by atoms with Crippen LogP contribution in [0.2, 0.25) is 0 Å². The highest BCUT2D eigenvalue weighted by Gasteiger charge is 2.27. The number of carbonyl (C=O) groups is 1. The van der Waals surface area contributed by atoms with Crippen molar-refractivity contribution in [2.45, 2.75) is 39.3 Å². The van der Waals surface area contributed by atoms with E-state index in [9.17, 15) is 4.79 Å². The summed E-state index contributed by atoms with van der Waals surface area (Å²) in [6.07, 6.45) is 3.58. The molecule has 1 aliphatic heterocycles. The summed E-state index contributed by atoms with van der Waals surface area (Å²) in [4.78, 5) is 14.1. The van der Waals surface area contributed by atoms with Gasteiger partial charge in [0, 0.05) is 12.6 Å². The predicted octanol–water partition coefficient (Wildman–Crippen LogP) is 4.31. The minimum absolute atomic E-state index is 0.163. The maximum Gasteiger partial charge on any atom is 0.410 e. The van der Waals surface area contributed by atoms with Gasteiger partial charge in [-0.1, -0.05) is 47.6 Å². The quantitative estimate of drug-likeness (QED) is 0.771. The summed E-state index contributed by atoms with van der Waals surface area (Å²) in [6, 6.07) is 9.92. The van der Waals surface area contributed by atoms with Gasteiger partial charge in [0.25, 0.3) is 0 Å².